The van der Waals surface area contributed by atoms with E-state index in [1.54, 1.807) is 23.1 Å². The molecule has 30 heavy (non-hydrogen) atoms. The average Bonchev–Trinajstić information content (AvgIpc) is 3.45. The third-order valence-corrected chi connectivity index (χ3v) is 4.76. The van der Waals surface area contributed by atoms with Crippen LogP contribution in [-0.4, -0.2) is 30.8 Å². The molecule has 0 saturated carbocycles. The average molecular weight is 423 g/mol. The molecular weight excluding hydrogens is 404 g/mol. The van der Waals surface area contributed by atoms with Crippen LogP contribution in [0, 0.1) is 0 Å². The van der Waals surface area contributed by atoms with E-state index in [0.717, 1.165) is 11.1 Å². The molecule has 0 aliphatic heterocycles. The van der Waals surface area contributed by atoms with E-state index >= 15 is 0 Å². The topological polar surface area (TPSA) is 98.7 Å². The van der Waals surface area contributed by atoms with E-state index in [-0.39, 0.29) is 18.4 Å². The van der Waals surface area contributed by atoms with Crippen LogP contribution in [0.25, 0.3) is 11.4 Å². The van der Waals surface area contributed by atoms with Crippen molar-refractivity contribution in [3.05, 3.63) is 83.7 Å². The predicted octanol–water partition coefficient (Wildman–Crippen LogP) is 3.47. The molecular formula is C21H19ClN6O2. The Morgan fingerprint density at radius 1 is 1.13 bits per heavy atom. The first kappa shape index (κ1) is 19.8. The van der Waals surface area contributed by atoms with Crippen molar-refractivity contribution in [2.75, 3.05) is 0 Å². The molecule has 1 amide bonds. The second kappa shape index (κ2) is 9.32. The lowest BCUT2D eigenvalue weighted by molar-refractivity contribution is -0.122. The Bertz CT molecular complexity index is 1080. The monoisotopic (exact) mass is 422 g/mol. The van der Waals surface area contributed by atoms with Crippen molar-refractivity contribution >= 4 is 17.5 Å². The molecule has 0 spiro atoms. The minimum atomic E-state index is -0.229. The van der Waals surface area contributed by atoms with Gasteiger partial charge in [-0.05, 0) is 29.8 Å². The molecule has 2 heterocycles. The summed E-state index contributed by atoms with van der Waals surface area (Å²) in [6.45, 7) is 0.483. The number of hydrogen-bond donors (Lipinski definition) is 1. The van der Waals surface area contributed by atoms with Crippen LogP contribution >= 0.6 is 11.6 Å². The van der Waals surface area contributed by atoms with Gasteiger partial charge in [-0.1, -0.05) is 47.1 Å². The molecule has 8 nitrogen and oxygen atoms in total. The van der Waals surface area contributed by atoms with Crippen molar-refractivity contribution in [2.24, 2.45) is 0 Å². The number of carbonyl (C=O) groups excluding carboxylic acids is 1. The Morgan fingerprint density at radius 2 is 1.93 bits per heavy atom. The molecule has 0 fully saturated rings. The zero-order valence-electron chi connectivity index (χ0n) is 16.0. The number of amides is 1. The van der Waals surface area contributed by atoms with E-state index in [0.29, 0.717) is 29.7 Å². The van der Waals surface area contributed by atoms with Crippen LogP contribution in [0.1, 0.15) is 23.9 Å². The molecule has 9 heteroatoms. The van der Waals surface area contributed by atoms with Crippen molar-refractivity contribution in [1.82, 2.24) is 30.2 Å². The first-order valence-electron chi connectivity index (χ1n) is 9.42. The Balaban J connectivity index is 1.37. The van der Waals surface area contributed by atoms with Crippen LogP contribution in [0.4, 0.5) is 0 Å². The van der Waals surface area contributed by atoms with Gasteiger partial charge in [-0.3, -0.25) is 9.48 Å². The third-order valence-electron chi connectivity index (χ3n) is 4.51. The van der Waals surface area contributed by atoms with Crippen LogP contribution < -0.4 is 5.32 Å². The maximum Gasteiger partial charge on any atom is 0.227 e. The minimum Gasteiger partial charge on any atom is -0.347 e. The Hall–Kier alpha value is -3.52. The molecule has 0 saturated heterocycles. The largest absolute Gasteiger partial charge is 0.347 e. The molecule has 2 aromatic carbocycles. The first-order chi connectivity index (χ1) is 14.7. The van der Waals surface area contributed by atoms with Gasteiger partial charge in [0.25, 0.3) is 0 Å². The van der Waals surface area contributed by atoms with E-state index in [4.69, 9.17) is 16.1 Å². The molecule has 4 rings (SSSR count). The molecule has 0 bridgehead atoms. The van der Waals surface area contributed by atoms with Gasteiger partial charge in [0, 0.05) is 23.4 Å². The van der Waals surface area contributed by atoms with Crippen molar-refractivity contribution in [3.8, 4) is 11.4 Å². The molecule has 0 aliphatic rings. The van der Waals surface area contributed by atoms with Crippen LogP contribution in [-0.2, 0) is 17.8 Å². The fraction of sp³-hybridized carbons (Fsp3) is 0.190. The molecule has 1 atom stereocenters. The molecule has 0 radical (unpaired) electrons. The van der Waals surface area contributed by atoms with Gasteiger partial charge < -0.3 is 9.84 Å². The van der Waals surface area contributed by atoms with Gasteiger partial charge in [0.1, 0.15) is 12.7 Å². The molecule has 152 valence electrons. The van der Waals surface area contributed by atoms with Gasteiger partial charge >= 0.3 is 0 Å². The summed E-state index contributed by atoms with van der Waals surface area (Å²) in [6, 6.07) is 16.7. The number of aryl methyl sites for hydroxylation is 1. The highest BCUT2D eigenvalue weighted by Crippen LogP contribution is 2.19. The summed E-state index contributed by atoms with van der Waals surface area (Å²) in [6.07, 6.45) is 3.66. The molecule has 0 aliphatic carbocycles. The molecule has 4 aromatic rings. The third kappa shape index (κ3) is 5.09. The molecule has 1 unspecified atom stereocenters. The summed E-state index contributed by atoms with van der Waals surface area (Å²) in [5.74, 6) is 0.758. The lowest BCUT2D eigenvalue weighted by atomic mass is 10.1. The van der Waals surface area contributed by atoms with Crippen molar-refractivity contribution in [2.45, 2.75) is 25.4 Å². The van der Waals surface area contributed by atoms with E-state index in [9.17, 15) is 4.79 Å². The summed E-state index contributed by atoms with van der Waals surface area (Å²) in [5, 5.41) is 11.8. The normalized spacial score (nSPS) is 11.9. The number of hydrogen-bond acceptors (Lipinski definition) is 6. The summed E-state index contributed by atoms with van der Waals surface area (Å²) in [5.41, 5.74) is 1.79. The second-order valence-electron chi connectivity index (χ2n) is 6.67. The van der Waals surface area contributed by atoms with E-state index in [2.05, 4.69) is 25.5 Å². The summed E-state index contributed by atoms with van der Waals surface area (Å²) < 4.78 is 6.97. The van der Waals surface area contributed by atoms with E-state index < -0.39 is 0 Å². The van der Waals surface area contributed by atoms with Crippen LogP contribution in [0.2, 0.25) is 5.02 Å². The van der Waals surface area contributed by atoms with Gasteiger partial charge in [0.15, 0.2) is 0 Å². The smallest absolute Gasteiger partial charge is 0.227 e. The SMILES string of the molecule is O=C(CCc1nc(-c2ccc(Cl)cc2)no1)NC(Cn1cncn1)c1ccccc1. The summed E-state index contributed by atoms with van der Waals surface area (Å²) in [7, 11) is 0. The van der Waals surface area contributed by atoms with Gasteiger partial charge in [0.05, 0.1) is 12.6 Å². The molecule has 2 aromatic heterocycles. The highest BCUT2D eigenvalue weighted by molar-refractivity contribution is 6.30. The van der Waals surface area contributed by atoms with Gasteiger partial charge in [0.2, 0.25) is 17.6 Å². The number of benzene rings is 2. The minimum absolute atomic E-state index is 0.116. The quantitative estimate of drug-likeness (QED) is 0.466. The Labute approximate surface area is 177 Å². The maximum atomic E-state index is 12.6. The highest BCUT2D eigenvalue weighted by atomic mass is 35.5. The van der Waals surface area contributed by atoms with Gasteiger partial charge in [-0.15, -0.1) is 0 Å². The lowest BCUT2D eigenvalue weighted by Gasteiger charge is -2.19. The zero-order chi connectivity index (χ0) is 20.8. The fourth-order valence-corrected chi connectivity index (χ4v) is 3.12. The van der Waals surface area contributed by atoms with E-state index in [1.165, 1.54) is 6.33 Å². The van der Waals surface area contributed by atoms with Crippen LogP contribution in [0.5, 0.6) is 0 Å². The number of nitrogens with one attached hydrogen (secondary N) is 1. The van der Waals surface area contributed by atoms with Crippen molar-refractivity contribution in [3.63, 3.8) is 0 Å². The van der Waals surface area contributed by atoms with Crippen LogP contribution in [0.3, 0.4) is 0 Å². The second-order valence-corrected chi connectivity index (χ2v) is 7.10. The van der Waals surface area contributed by atoms with Crippen LogP contribution in [0.15, 0.2) is 71.8 Å². The number of rotatable bonds is 8. The predicted molar refractivity (Wildman–Crippen MR) is 110 cm³/mol. The maximum absolute atomic E-state index is 12.6. The van der Waals surface area contributed by atoms with Crippen molar-refractivity contribution < 1.29 is 9.32 Å². The van der Waals surface area contributed by atoms with E-state index in [1.807, 2.05) is 42.5 Å². The number of halogens is 1. The Morgan fingerprint density at radius 3 is 2.67 bits per heavy atom. The van der Waals surface area contributed by atoms with Gasteiger partial charge in [-0.2, -0.15) is 10.1 Å². The summed E-state index contributed by atoms with van der Waals surface area (Å²) in [4.78, 5) is 20.9. The number of carbonyl (C=O) groups is 1. The first-order valence-corrected chi connectivity index (χ1v) is 9.80. The number of aromatic nitrogens is 5. The summed E-state index contributed by atoms with van der Waals surface area (Å²) >= 11 is 5.90. The van der Waals surface area contributed by atoms with Crippen molar-refractivity contribution in [1.29, 1.82) is 0 Å². The fourth-order valence-electron chi connectivity index (χ4n) is 2.99. The highest BCUT2D eigenvalue weighted by Gasteiger charge is 2.17. The van der Waals surface area contributed by atoms with Gasteiger partial charge in [-0.25, -0.2) is 4.98 Å². The standard InChI is InChI=1S/C21H19ClN6O2/c22-17-8-6-16(7-9-17)21-26-20(30-27-21)11-10-19(29)25-18(12-28-14-23-13-24-28)15-4-2-1-3-5-15/h1-9,13-14,18H,10-12H2,(H,25,29). The zero-order valence-corrected chi connectivity index (χ0v) is 16.7. The Kier molecular flexibility index (Phi) is 6.14. The molecule has 1 N–H and O–H groups in total. The number of nitrogens with zero attached hydrogens (tertiary/aromatic N) is 5. The lowest BCUT2D eigenvalue weighted by Crippen LogP contribution is -2.31.